The van der Waals surface area contributed by atoms with Crippen LogP contribution in [0.2, 0.25) is 0 Å². The third-order valence-electron chi connectivity index (χ3n) is 16.5. The number of hydrogen-bond donors (Lipinski definition) is 4. The van der Waals surface area contributed by atoms with Crippen LogP contribution in [0.3, 0.4) is 0 Å². The number of rotatable bonds is 10. The molecular formula is C56H58FN14O3+. The van der Waals surface area contributed by atoms with Crippen LogP contribution < -0.4 is 35.6 Å². The third-order valence-corrected chi connectivity index (χ3v) is 16.5. The number of imidazole rings is 1. The van der Waals surface area contributed by atoms with E-state index in [2.05, 4.69) is 77.9 Å². The number of nitrogens with zero attached hydrogens (tertiary/aromatic N) is 10. The molecule has 0 aliphatic carbocycles. The SMILES string of the molecule is Cn1ccc2c(-c3ncc(Nc4cccc(C5(C)CCN(n6cc(-c7ccc(Nc8ccc(N9CCC(C)(N%10CCOCC%10)CC9)cn8)c8c7CNC8=O)[n+]7ccc(F)cc67)CC5)n4)c4c3CNC4=O)ccnc21. The fourth-order valence-corrected chi connectivity index (χ4v) is 12.0. The molecule has 0 unspecified atom stereocenters. The first-order valence-electron chi connectivity index (χ1n) is 25.7. The molecule has 3 fully saturated rings. The fourth-order valence-electron chi connectivity index (χ4n) is 12.0. The van der Waals surface area contributed by atoms with Crippen LogP contribution in [-0.4, -0.2) is 104 Å². The van der Waals surface area contributed by atoms with Crippen LogP contribution in [0.5, 0.6) is 0 Å². The number of benzene rings is 1. The lowest BCUT2D eigenvalue weighted by molar-refractivity contribution is -0.499. The number of morpholine rings is 1. The van der Waals surface area contributed by atoms with E-state index in [4.69, 9.17) is 19.7 Å². The van der Waals surface area contributed by atoms with Crippen molar-refractivity contribution in [1.82, 2.24) is 44.7 Å². The van der Waals surface area contributed by atoms with E-state index in [-0.39, 0.29) is 28.6 Å². The summed E-state index contributed by atoms with van der Waals surface area (Å²) < 4.78 is 26.8. The Morgan fingerprint density at radius 1 is 0.757 bits per heavy atom. The number of nitrogens with one attached hydrogen (secondary N) is 4. The number of hydrogen-bond acceptors (Lipinski definition) is 12. The number of aromatic nitrogens is 7. The summed E-state index contributed by atoms with van der Waals surface area (Å²) in [4.78, 5) is 51.4. The van der Waals surface area contributed by atoms with Crippen molar-refractivity contribution in [1.29, 1.82) is 0 Å². The molecular weight excluding hydrogens is 936 g/mol. The lowest BCUT2D eigenvalue weighted by Crippen LogP contribution is -2.56. The van der Waals surface area contributed by atoms with Gasteiger partial charge in [-0.15, -0.1) is 4.68 Å². The molecule has 1 aromatic carbocycles. The van der Waals surface area contributed by atoms with Gasteiger partial charge in [0.15, 0.2) is 11.9 Å². The molecule has 5 aliphatic heterocycles. The second-order valence-electron chi connectivity index (χ2n) is 20.9. The highest BCUT2D eigenvalue weighted by Crippen LogP contribution is 2.40. The van der Waals surface area contributed by atoms with E-state index in [1.165, 1.54) is 6.07 Å². The predicted molar refractivity (Wildman–Crippen MR) is 281 cm³/mol. The van der Waals surface area contributed by atoms with Crippen molar-refractivity contribution in [2.75, 3.05) is 73.0 Å². The van der Waals surface area contributed by atoms with Gasteiger partial charge in [-0.05, 0) is 86.7 Å². The number of carbonyl (C=O) groups excluding carboxylic acids is 2. The standard InChI is InChI=1S/C56H57FN14O3/c1-55(45-5-4-6-47(65-45)64-43-33-60-51(41-32-62-54(73)50(41)43)38-11-18-58-52-39(38)13-19-66(52)3)14-23-69(24-15-55)71-34-44(70-20-12-35(57)29-48(70)71)37-8-9-42(49-40(37)31-61-53(49)72)63-46-10-7-36(30-59-46)67-21-16-56(2,17-22-67)68-25-27-74-28-26-68/h4-13,18-20,29-30,33-34H,14-17,21-28,31-32H2,1-3H3,(H3-,58,59,61,62,63,64,65,72,73)/p+1. The second kappa shape index (κ2) is 17.9. The summed E-state index contributed by atoms with van der Waals surface area (Å²) in [5.74, 6) is 0.640. The van der Waals surface area contributed by atoms with E-state index < -0.39 is 0 Å². The maximum atomic E-state index is 15.2. The van der Waals surface area contributed by atoms with E-state index in [1.807, 2.05) is 70.9 Å². The van der Waals surface area contributed by atoms with Crippen LogP contribution in [0, 0.1) is 5.82 Å². The summed E-state index contributed by atoms with van der Waals surface area (Å²) in [7, 11) is 1.96. The number of fused-ring (bicyclic) bond motifs is 4. The number of anilines is 5. The lowest BCUT2D eigenvalue weighted by atomic mass is 9.77. The molecule has 3 saturated heterocycles. The monoisotopic (exact) mass is 993 g/mol. The van der Waals surface area contributed by atoms with Gasteiger partial charge in [0, 0.05) is 104 Å². The van der Waals surface area contributed by atoms with Crippen LogP contribution in [0.15, 0.2) is 104 Å². The normalized spacial score (nSPS) is 18.4. The molecule has 0 saturated carbocycles. The minimum absolute atomic E-state index is 0.153. The van der Waals surface area contributed by atoms with Crippen molar-refractivity contribution in [3.63, 3.8) is 0 Å². The van der Waals surface area contributed by atoms with Crippen molar-refractivity contribution in [2.45, 2.75) is 63.6 Å². The highest BCUT2D eigenvalue weighted by atomic mass is 19.1. The lowest BCUT2D eigenvalue weighted by Gasteiger charge is -2.48. The molecule has 7 aromatic heterocycles. The summed E-state index contributed by atoms with van der Waals surface area (Å²) in [5.41, 5.74) is 11.0. The van der Waals surface area contributed by atoms with Crippen LogP contribution in [0.4, 0.5) is 33.1 Å². The highest BCUT2D eigenvalue weighted by Gasteiger charge is 2.39. The summed E-state index contributed by atoms with van der Waals surface area (Å²) in [6, 6.07) is 21.1. The van der Waals surface area contributed by atoms with Gasteiger partial charge >= 0.3 is 5.65 Å². The van der Waals surface area contributed by atoms with Crippen molar-refractivity contribution < 1.29 is 23.1 Å². The first-order valence-corrected chi connectivity index (χ1v) is 25.7. The molecule has 5 aliphatic rings. The topological polar surface area (TPSA) is 167 Å². The summed E-state index contributed by atoms with van der Waals surface area (Å²) in [5, 5.41) is 16.2. The smallest absolute Gasteiger partial charge is 0.313 e. The minimum atomic E-state index is -0.336. The molecule has 17 nitrogen and oxygen atoms in total. The van der Waals surface area contributed by atoms with Crippen LogP contribution in [0.25, 0.3) is 39.2 Å². The zero-order chi connectivity index (χ0) is 50.3. The highest BCUT2D eigenvalue weighted by molar-refractivity contribution is 6.07. The van der Waals surface area contributed by atoms with Gasteiger partial charge in [-0.3, -0.25) is 19.5 Å². The minimum Gasteiger partial charge on any atom is -0.379 e. The van der Waals surface area contributed by atoms with Gasteiger partial charge in [-0.25, -0.2) is 24.4 Å². The van der Waals surface area contributed by atoms with E-state index in [0.717, 1.165) is 121 Å². The number of piperidine rings is 2. The molecule has 376 valence electrons. The van der Waals surface area contributed by atoms with Gasteiger partial charge in [-0.2, -0.15) is 4.40 Å². The maximum Gasteiger partial charge on any atom is 0.313 e. The molecule has 74 heavy (non-hydrogen) atoms. The zero-order valence-electron chi connectivity index (χ0n) is 41.8. The van der Waals surface area contributed by atoms with Gasteiger partial charge in [0.25, 0.3) is 11.8 Å². The summed E-state index contributed by atoms with van der Waals surface area (Å²) in [6.07, 6.45) is 14.9. The Balaban J connectivity index is 0.721. The molecule has 0 bridgehead atoms. The molecule has 12 heterocycles. The first kappa shape index (κ1) is 45.9. The largest absolute Gasteiger partial charge is 0.379 e. The Kier molecular flexibility index (Phi) is 11.1. The fraction of sp³-hybridized carbons (Fsp3) is 0.339. The van der Waals surface area contributed by atoms with Gasteiger partial charge in [0.1, 0.15) is 23.1 Å². The van der Waals surface area contributed by atoms with E-state index in [9.17, 15) is 9.59 Å². The number of pyridine rings is 5. The maximum absolute atomic E-state index is 15.2. The van der Waals surface area contributed by atoms with Gasteiger partial charge in [-0.1, -0.05) is 13.0 Å². The molecule has 8 aromatic rings. The second-order valence-corrected chi connectivity index (χ2v) is 20.9. The summed E-state index contributed by atoms with van der Waals surface area (Å²) >= 11 is 0. The number of ether oxygens (including phenoxy) is 1. The Labute approximate surface area is 427 Å². The number of carbonyl (C=O) groups is 2. The van der Waals surface area contributed by atoms with Crippen LogP contribution in [0.1, 0.15) is 77.1 Å². The van der Waals surface area contributed by atoms with E-state index in [0.29, 0.717) is 66.0 Å². The van der Waals surface area contributed by atoms with Crippen molar-refractivity contribution >= 4 is 57.2 Å². The molecule has 0 atom stereocenters. The van der Waals surface area contributed by atoms with E-state index >= 15 is 4.39 Å². The summed E-state index contributed by atoms with van der Waals surface area (Å²) in [6.45, 7) is 12.3. The van der Waals surface area contributed by atoms with Crippen LogP contribution in [-0.2, 0) is 30.3 Å². The Hall–Kier alpha value is -7.96. The Morgan fingerprint density at radius 2 is 1.53 bits per heavy atom. The van der Waals surface area contributed by atoms with Crippen LogP contribution >= 0.6 is 0 Å². The van der Waals surface area contributed by atoms with Gasteiger partial charge < -0.3 is 35.5 Å². The molecule has 0 spiro atoms. The Bertz CT molecular complexity index is 3530. The van der Waals surface area contributed by atoms with E-state index in [1.54, 1.807) is 24.7 Å². The van der Waals surface area contributed by atoms with Crippen molar-refractivity contribution in [2.24, 2.45) is 7.05 Å². The molecule has 4 N–H and O–H groups in total. The number of halogens is 1. The predicted octanol–water partition coefficient (Wildman–Crippen LogP) is 7.13. The molecule has 2 amide bonds. The number of aryl methyl sites for hydroxylation is 1. The first-order chi connectivity index (χ1) is 36.0. The third kappa shape index (κ3) is 7.85. The molecule has 0 radical (unpaired) electrons. The zero-order valence-corrected chi connectivity index (χ0v) is 41.8. The van der Waals surface area contributed by atoms with Crippen molar-refractivity contribution in [3.05, 3.63) is 138 Å². The quantitative estimate of drug-likeness (QED) is 0.103. The number of amides is 2. The Morgan fingerprint density at radius 3 is 2.31 bits per heavy atom. The average Bonchev–Trinajstić information content (AvgIpc) is 4.22. The van der Waals surface area contributed by atoms with Gasteiger partial charge in [0.2, 0.25) is 0 Å². The molecule has 13 rings (SSSR count). The average molecular weight is 994 g/mol. The molecule has 18 heteroatoms. The van der Waals surface area contributed by atoms with Gasteiger partial charge in [0.05, 0.1) is 84.8 Å². The van der Waals surface area contributed by atoms with Crippen molar-refractivity contribution in [3.8, 4) is 22.5 Å².